The number of thiazole rings is 1. The number of hydrogen-bond donors (Lipinski definition) is 1. The number of aromatic nitrogens is 1. The lowest BCUT2D eigenvalue weighted by atomic mass is 9.92. The van der Waals surface area contributed by atoms with Crippen molar-refractivity contribution in [1.82, 2.24) is 10.3 Å². The molecule has 0 saturated carbocycles. The first-order chi connectivity index (χ1) is 7.03. The summed E-state index contributed by atoms with van der Waals surface area (Å²) in [5.74, 6) is 0. The fraction of sp³-hybridized carbons (Fsp3) is 0.636. The van der Waals surface area contributed by atoms with Crippen LogP contribution in [0.25, 0.3) is 0 Å². The molecule has 1 aromatic rings. The quantitative estimate of drug-likeness (QED) is 0.780. The molecule has 0 bridgehead atoms. The minimum Gasteiger partial charge on any atom is -0.310 e. The summed E-state index contributed by atoms with van der Waals surface area (Å²) in [6.45, 7) is 7.59. The lowest BCUT2D eigenvalue weighted by molar-refractivity contribution is 0.432. The van der Waals surface area contributed by atoms with Crippen molar-refractivity contribution < 1.29 is 0 Å². The second-order valence-electron chi connectivity index (χ2n) is 4.31. The Morgan fingerprint density at radius 1 is 1.60 bits per heavy atom. The average molecular weight is 223 g/mol. The highest BCUT2D eigenvalue weighted by atomic mass is 32.1. The van der Waals surface area contributed by atoms with Crippen LogP contribution in [0.5, 0.6) is 0 Å². The number of hydrogen-bond acceptors (Lipinski definition) is 4. The van der Waals surface area contributed by atoms with E-state index in [1.54, 1.807) is 11.3 Å². The van der Waals surface area contributed by atoms with E-state index >= 15 is 0 Å². The lowest BCUT2D eigenvalue weighted by Crippen LogP contribution is -2.21. The molecule has 1 aromatic heterocycles. The van der Waals surface area contributed by atoms with Gasteiger partial charge in [-0.1, -0.05) is 0 Å². The van der Waals surface area contributed by atoms with Crippen LogP contribution in [0.15, 0.2) is 5.38 Å². The Morgan fingerprint density at radius 2 is 2.33 bits per heavy atom. The molecule has 82 valence electrons. The van der Waals surface area contributed by atoms with Crippen LogP contribution < -0.4 is 5.32 Å². The molecule has 4 heteroatoms. The van der Waals surface area contributed by atoms with E-state index in [9.17, 15) is 0 Å². The number of nitrogens with zero attached hydrogens (tertiary/aromatic N) is 2. The van der Waals surface area contributed by atoms with Gasteiger partial charge in [0.2, 0.25) is 0 Å². The highest BCUT2D eigenvalue weighted by Crippen LogP contribution is 2.17. The Bertz CT molecular complexity index is 349. The Hall–Kier alpha value is -0.920. The monoisotopic (exact) mass is 223 g/mol. The van der Waals surface area contributed by atoms with Gasteiger partial charge in [-0.2, -0.15) is 5.26 Å². The predicted octanol–water partition coefficient (Wildman–Crippen LogP) is 2.48. The van der Waals surface area contributed by atoms with Crippen molar-refractivity contribution in [2.75, 3.05) is 6.54 Å². The van der Waals surface area contributed by atoms with Crippen molar-refractivity contribution in [3.8, 4) is 6.07 Å². The standard InChI is InChI=1S/C11H17N3S/c1-9-7-15-10(14-9)6-13-5-4-11(2,3)8-12/h7,13H,4-6H2,1-3H3. The van der Waals surface area contributed by atoms with Crippen molar-refractivity contribution in [3.63, 3.8) is 0 Å². The molecule has 0 radical (unpaired) electrons. The van der Waals surface area contributed by atoms with Crippen LogP contribution in [0.4, 0.5) is 0 Å². The van der Waals surface area contributed by atoms with Gasteiger partial charge in [-0.15, -0.1) is 11.3 Å². The smallest absolute Gasteiger partial charge is 0.107 e. The number of nitrogens with one attached hydrogen (secondary N) is 1. The fourth-order valence-corrected chi connectivity index (χ4v) is 1.88. The summed E-state index contributed by atoms with van der Waals surface area (Å²) in [6, 6.07) is 2.29. The van der Waals surface area contributed by atoms with Crippen molar-refractivity contribution in [2.24, 2.45) is 5.41 Å². The fourth-order valence-electron chi connectivity index (χ4n) is 1.14. The van der Waals surface area contributed by atoms with Crippen LogP contribution in [0.2, 0.25) is 0 Å². The predicted molar refractivity (Wildman–Crippen MR) is 62.6 cm³/mol. The van der Waals surface area contributed by atoms with E-state index in [2.05, 4.69) is 21.8 Å². The molecular weight excluding hydrogens is 206 g/mol. The Labute approximate surface area is 95.2 Å². The summed E-state index contributed by atoms with van der Waals surface area (Å²) in [7, 11) is 0. The molecule has 0 atom stereocenters. The van der Waals surface area contributed by atoms with E-state index in [1.807, 2.05) is 20.8 Å². The summed E-state index contributed by atoms with van der Waals surface area (Å²) < 4.78 is 0. The number of rotatable bonds is 5. The van der Waals surface area contributed by atoms with Gasteiger partial charge in [0.1, 0.15) is 5.01 Å². The van der Waals surface area contributed by atoms with Gasteiger partial charge in [0.05, 0.1) is 11.5 Å². The SMILES string of the molecule is Cc1csc(CNCCC(C)(C)C#N)n1. The van der Waals surface area contributed by atoms with Crippen LogP contribution in [-0.2, 0) is 6.54 Å². The molecule has 0 spiro atoms. The van der Waals surface area contributed by atoms with Crippen LogP contribution in [-0.4, -0.2) is 11.5 Å². The van der Waals surface area contributed by atoms with Crippen LogP contribution in [0.3, 0.4) is 0 Å². The van der Waals surface area contributed by atoms with E-state index in [0.29, 0.717) is 0 Å². The highest BCUT2D eigenvalue weighted by Gasteiger charge is 2.15. The van der Waals surface area contributed by atoms with Crippen LogP contribution in [0.1, 0.15) is 31.0 Å². The van der Waals surface area contributed by atoms with Crippen molar-refractivity contribution in [1.29, 1.82) is 5.26 Å². The molecule has 0 aliphatic rings. The van der Waals surface area contributed by atoms with Gasteiger partial charge in [-0.05, 0) is 33.7 Å². The number of nitriles is 1. The molecule has 15 heavy (non-hydrogen) atoms. The zero-order valence-electron chi connectivity index (χ0n) is 9.50. The van der Waals surface area contributed by atoms with E-state index in [4.69, 9.17) is 5.26 Å². The maximum Gasteiger partial charge on any atom is 0.107 e. The number of aryl methyl sites for hydroxylation is 1. The third-order valence-electron chi connectivity index (χ3n) is 2.17. The van der Waals surface area contributed by atoms with Gasteiger partial charge in [-0.3, -0.25) is 0 Å². The third-order valence-corrected chi connectivity index (χ3v) is 3.14. The molecule has 3 nitrogen and oxygen atoms in total. The Kier molecular flexibility index (Phi) is 4.25. The normalized spacial score (nSPS) is 11.3. The van der Waals surface area contributed by atoms with E-state index in [1.165, 1.54) is 0 Å². The molecule has 0 unspecified atom stereocenters. The summed E-state index contributed by atoms with van der Waals surface area (Å²) in [5, 5.41) is 15.3. The summed E-state index contributed by atoms with van der Waals surface area (Å²) in [6.07, 6.45) is 0.869. The molecule has 0 aromatic carbocycles. The van der Waals surface area contributed by atoms with Gasteiger partial charge in [0, 0.05) is 17.6 Å². The molecule has 1 heterocycles. The van der Waals surface area contributed by atoms with Crippen LogP contribution >= 0.6 is 11.3 Å². The molecule has 1 N–H and O–H groups in total. The van der Waals surface area contributed by atoms with Crippen molar-refractivity contribution in [2.45, 2.75) is 33.7 Å². The summed E-state index contributed by atoms with van der Waals surface area (Å²) in [5.41, 5.74) is 0.848. The molecule has 0 aliphatic carbocycles. The van der Waals surface area contributed by atoms with E-state index in [-0.39, 0.29) is 5.41 Å². The Morgan fingerprint density at radius 3 is 2.87 bits per heavy atom. The van der Waals surface area contributed by atoms with Crippen molar-refractivity contribution >= 4 is 11.3 Å². The van der Waals surface area contributed by atoms with E-state index in [0.717, 1.165) is 30.2 Å². The topological polar surface area (TPSA) is 48.7 Å². The van der Waals surface area contributed by atoms with Gasteiger partial charge >= 0.3 is 0 Å². The van der Waals surface area contributed by atoms with Gasteiger partial charge in [0.25, 0.3) is 0 Å². The third kappa shape index (κ3) is 4.41. The zero-order valence-corrected chi connectivity index (χ0v) is 10.3. The molecule has 0 saturated heterocycles. The highest BCUT2D eigenvalue weighted by molar-refractivity contribution is 7.09. The van der Waals surface area contributed by atoms with E-state index < -0.39 is 0 Å². The van der Waals surface area contributed by atoms with Crippen molar-refractivity contribution in [3.05, 3.63) is 16.1 Å². The minimum atomic E-state index is -0.230. The first-order valence-electron chi connectivity index (χ1n) is 5.06. The second kappa shape index (κ2) is 5.24. The maximum atomic E-state index is 8.83. The van der Waals surface area contributed by atoms with Crippen LogP contribution in [0, 0.1) is 23.7 Å². The molecule has 0 aliphatic heterocycles. The second-order valence-corrected chi connectivity index (χ2v) is 5.25. The molecule has 0 amide bonds. The molecule has 0 fully saturated rings. The van der Waals surface area contributed by atoms with Gasteiger partial charge in [0.15, 0.2) is 0 Å². The molecule has 1 rings (SSSR count). The largest absolute Gasteiger partial charge is 0.310 e. The first-order valence-corrected chi connectivity index (χ1v) is 5.94. The first kappa shape index (κ1) is 12.2. The Balaban J connectivity index is 2.21. The average Bonchev–Trinajstić information content (AvgIpc) is 2.59. The minimum absolute atomic E-state index is 0.230. The summed E-state index contributed by atoms with van der Waals surface area (Å²) >= 11 is 1.67. The lowest BCUT2D eigenvalue weighted by Gasteiger charge is -2.14. The maximum absolute atomic E-state index is 8.83. The van der Waals surface area contributed by atoms with Gasteiger partial charge in [-0.25, -0.2) is 4.98 Å². The van der Waals surface area contributed by atoms with Gasteiger partial charge < -0.3 is 5.32 Å². The zero-order chi connectivity index (χ0) is 11.3. The summed E-state index contributed by atoms with van der Waals surface area (Å²) in [4.78, 5) is 4.36. The molecular formula is C11H17N3S.